The molecule has 2 aliphatic heterocycles. The predicted octanol–water partition coefficient (Wildman–Crippen LogP) is 10.5. The highest BCUT2D eigenvalue weighted by molar-refractivity contribution is 8.18. The molecule has 2 heterocycles. The van der Waals surface area contributed by atoms with Crippen LogP contribution in [0.3, 0.4) is 0 Å². The van der Waals surface area contributed by atoms with E-state index >= 15 is 0 Å². The smallest absolute Gasteiger partial charge is 0.157 e. The summed E-state index contributed by atoms with van der Waals surface area (Å²) >= 11 is 4.61. The lowest BCUT2D eigenvalue weighted by atomic mass is 10.0. The van der Waals surface area contributed by atoms with E-state index in [-0.39, 0.29) is 6.29 Å². The summed E-state index contributed by atoms with van der Waals surface area (Å²) in [5.41, 5.74) is 0. The molecule has 0 aliphatic carbocycles. The van der Waals surface area contributed by atoms with Gasteiger partial charge < -0.3 is 9.47 Å². The van der Waals surface area contributed by atoms with Gasteiger partial charge in [0.25, 0.3) is 0 Å². The van der Waals surface area contributed by atoms with Crippen molar-refractivity contribution < 1.29 is 9.47 Å². The van der Waals surface area contributed by atoms with Crippen LogP contribution < -0.4 is 0 Å². The normalized spacial score (nSPS) is 20.6. The maximum atomic E-state index is 5.90. The van der Waals surface area contributed by atoms with Gasteiger partial charge in [-0.15, -0.1) is 23.5 Å². The Morgan fingerprint density at radius 1 is 0.647 bits per heavy atom. The minimum atomic E-state index is 0.0902. The Labute approximate surface area is 222 Å². The van der Waals surface area contributed by atoms with Crippen LogP contribution in [0.2, 0.25) is 0 Å². The summed E-state index contributed by atoms with van der Waals surface area (Å²) in [5, 5.41) is 0. The molecule has 2 nitrogen and oxygen atoms in total. The van der Waals surface area contributed by atoms with Gasteiger partial charge in [0.1, 0.15) is 0 Å². The Morgan fingerprint density at radius 2 is 1.18 bits per heavy atom. The van der Waals surface area contributed by atoms with Crippen LogP contribution in [0.5, 0.6) is 0 Å². The van der Waals surface area contributed by atoms with Crippen molar-refractivity contribution in [3.8, 4) is 0 Å². The highest BCUT2D eigenvalue weighted by atomic mass is 32.2. The molecule has 0 radical (unpaired) electrons. The number of unbranched alkanes of at least 4 members (excludes halogenated alkanes) is 15. The molecule has 1 atom stereocenters. The van der Waals surface area contributed by atoms with Crippen LogP contribution in [0.4, 0.5) is 0 Å². The van der Waals surface area contributed by atoms with E-state index in [1.807, 2.05) is 0 Å². The van der Waals surface area contributed by atoms with E-state index in [0.29, 0.717) is 4.08 Å². The fourth-order valence-electron chi connectivity index (χ4n) is 5.35. The molecule has 2 saturated heterocycles. The molecule has 0 amide bonds. The van der Waals surface area contributed by atoms with Crippen molar-refractivity contribution in [2.75, 3.05) is 24.7 Å². The van der Waals surface area contributed by atoms with Gasteiger partial charge >= 0.3 is 0 Å². The molecule has 0 aromatic carbocycles. The van der Waals surface area contributed by atoms with Crippen LogP contribution in [0.1, 0.15) is 155 Å². The lowest BCUT2D eigenvalue weighted by molar-refractivity contribution is -0.162. The maximum absolute atomic E-state index is 5.90. The first-order chi connectivity index (χ1) is 16.8. The summed E-state index contributed by atoms with van der Waals surface area (Å²) in [4.78, 5) is 0. The molecular formula is C30H58O2S2. The Kier molecular flexibility index (Phi) is 19.7. The van der Waals surface area contributed by atoms with Gasteiger partial charge in [0.05, 0.1) is 4.08 Å². The van der Waals surface area contributed by atoms with Gasteiger partial charge in [-0.1, -0.05) is 110 Å². The third kappa shape index (κ3) is 15.7. The van der Waals surface area contributed by atoms with Crippen LogP contribution in [0.25, 0.3) is 0 Å². The second kappa shape index (κ2) is 21.7. The third-order valence-corrected chi connectivity index (χ3v) is 11.1. The van der Waals surface area contributed by atoms with Crippen LogP contribution in [0, 0.1) is 0 Å². The minimum absolute atomic E-state index is 0.0902. The molecule has 0 aromatic rings. The molecule has 0 N–H and O–H groups in total. The average molecular weight is 515 g/mol. The largest absolute Gasteiger partial charge is 0.353 e. The van der Waals surface area contributed by atoms with E-state index < -0.39 is 0 Å². The van der Waals surface area contributed by atoms with Gasteiger partial charge in [-0.25, -0.2) is 0 Å². The molecule has 202 valence electrons. The Balaban J connectivity index is 1.42. The monoisotopic (exact) mass is 514 g/mol. The zero-order valence-electron chi connectivity index (χ0n) is 22.8. The van der Waals surface area contributed by atoms with Crippen LogP contribution in [-0.4, -0.2) is 35.1 Å². The molecule has 4 heteroatoms. The molecule has 0 bridgehead atoms. The second-order valence-electron chi connectivity index (χ2n) is 10.8. The van der Waals surface area contributed by atoms with Crippen LogP contribution >= 0.6 is 23.5 Å². The topological polar surface area (TPSA) is 18.5 Å². The lowest BCUT2D eigenvalue weighted by Crippen LogP contribution is -2.25. The van der Waals surface area contributed by atoms with Crippen molar-refractivity contribution in [2.24, 2.45) is 0 Å². The molecule has 0 spiro atoms. The average Bonchev–Trinajstić information content (AvgIpc) is 2.87. The first-order valence-corrected chi connectivity index (χ1v) is 17.3. The Hall–Kier alpha value is 0.620. The van der Waals surface area contributed by atoms with E-state index in [9.17, 15) is 0 Å². The van der Waals surface area contributed by atoms with Crippen LogP contribution in [0.15, 0.2) is 0 Å². The number of thioether (sulfide) groups is 2. The van der Waals surface area contributed by atoms with Crippen molar-refractivity contribution >= 4 is 23.5 Å². The second-order valence-corrected chi connectivity index (χ2v) is 14.0. The van der Waals surface area contributed by atoms with E-state index in [4.69, 9.17) is 9.47 Å². The van der Waals surface area contributed by atoms with Gasteiger partial charge in [0.2, 0.25) is 0 Å². The molecular weight excluding hydrogens is 456 g/mol. The Bertz CT molecular complexity index is 434. The SMILES string of the molecule is CCCCCCCCCCCCCCCC1(CCCCCCOC2CCCCO2)SCCCS1. The maximum Gasteiger partial charge on any atom is 0.157 e. The summed E-state index contributed by atoms with van der Waals surface area (Å²) in [5.74, 6) is 2.78. The highest BCUT2D eigenvalue weighted by Crippen LogP contribution is 2.49. The zero-order valence-corrected chi connectivity index (χ0v) is 24.4. The van der Waals surface area contributed by atoms with E-state index in [1.54, 1.807) is 0 Å². The number of ether oxygens (including phenoxy) is 2. The molecule has 0 aromatic heterocycles. The van der Waals surface area contributed by atoms with E-state index in [2.05, 4.69) is 30.4 Å². The number of hydrogen-bond donors (Lipinski definition) is 0. The minimum Gasteiger partial charge on any atom is -0.353 e. The summed E-state index contributed by atoms with van der Waals surface area (Å²) in [6, 6.07) is 0. The molecule has 0 saturated carbocycles. The van der Waals surface area contributed by atoms with Crippen LogP contribution in [-0.2, 0) is 9.47 Å². The number of hydrogen-bond acceptors (Lipinski definition) is 4. The standard InChI is InChI=1S/C30H58O2S2/c1-2-3-4-5-6-7-8-9-10-11-12-13-17-23-30(33-27-21-28-34-30)24-18-14-15-19-25-31-29-22-16-20-26-32-29/h29H,2-28H2,1H3. The van der Waals surface area contributed by atoms with Gasteiger partial charge in [-0.2, -0.15) is 0 Å². The quantitative estimate of drug-likeness (QED) is 0.134. The molecule has 1 unspecified atom stereocenters. The summed E-state index contributed by atoms with van der Waals surface area (Å²) in [6.07, 6.45) is 32.2. The molecule has 34 heavy (non-hydrogen) atoms. The van der Waals surface area contributed by atoms with E-state index in [1.165, 1.54) is 153 Å². The van der Waals surface area contributed by atoms with Gasteiger partial charge in [0.15, 0.2) is 6.29 Å². The first-order valence-electron chi connectivity index (χ1n) is 15.4. The van der Waals surface area contributed by atoms with Crippen molar-refractivity contribution in [1.82, 2.24) is 0 Å². The van der Waals surface area contributed by atoms with Gasteiger partial charge in [-0.05, 0) is 56.5 Å². The van der Waals surface area contributed by atoms with Gasteiger partial charge in [-0.3, -0.25) is 0 Å². The fourth-order valence-corrected chi connectivity index (χ4v) is 8.84. The van der Waals surface area contributed by atoms with Crippen molar-refractivity contribution in [3.05, 3.63) is 0 Å². The fraction of sp³-hybridized carbons (Fsp3) is 1.00. The molecule has 2 rings (SSSR count). The zero-order chi connectivity index (χ0) is 24.0. The summed E-state index contributed by atoms with van der Waals surface area (Å²) < 4.78 is 12.1. The molecule has 2 aliphatic rings. The predicted molar refractivity (Wildman–Crippen MR) is 155 cm³/mol. The van der Waals surface area contributed by atoms with Crippen molar-refractivity contribution in [3.63, 3.8) is 0 Å². The van der Waals surface area contributed by atoms with E-state index in [0.717, 1.165) is 19.6 Å². The Morgan fingerprint density at radius 3 is 1.71 bits per heavy atom. The highest BCUT2D eigenvalue weighted by Gasteiger charge is 2.32. The molecule has 2 fully saturated rings. The first kappa shape index (κ1) is 30.8. The summed E-state index contributed by atoms with van der Waals surface area (Å²) in [7, 11) is 0. The third-order valence-electron chi connectivity index (χ3n) is 7.57. The lowest BCUT2D eigenvalue weighted by Gasteiger charge is -2.36. The van der Waals surface area contributed by atoms with Crippen molar-refractivity contribution in [2.45, 2.75) is 165 Å². The number of rotatable bonds is 22. The summed E-state index contributed by atoms with van der Waals surface area (Å²) in [6.45, 7) is 4.08. The van der Waals surface area contributed by atoms with Crippen molar-refractivity contribution in [1.29, 1.82) is 0 Å². The van der Waals surface area contributed by atoms with Gasteiger partial charge in [0, 0.05) is 13.2 Å².